The van der Waals surface area contributed by atoms with Crippen molar-refractivity contribution in [2.24, 2.45) is 0 Å². The summed E-state index contributed by atoms with van der Waals surface area (Å²) in [4.78, 5) is 0. The Morgan fingerprint density at radius 2 is 2.00 bits per heavy atom. The number of hydrogen-bond donors (Lipinski definition) is 1. The van der Waals surface area contributed by atoms with Crippen LogP contribution in [0.15, 0.2) is 30.3 Å². The summed E-state index contributed by atoms with van der Waals surface area (Å²) in [6, 6.07) is 9.96. The van der Waals surface area contributed by atoms with Gasteiger partial charge in [0.2, 0.25) is 0 Å². The molecular formula is C10H12OS. The summed E-state index contributed by atoms with van der Waals surface area (Å²) in [5, 5.41) is 10.1. The summed E-state index contributed by atoms with van der Waals surface area (Å²) in [6.45, 7) is 0. The number of hydrogen-bond acceptors (Lipinski definition) is 2. The van der Waals surface area contributed by atoms with Crippen molar-refractivity contribution in [3.8, 4) is 0 Å². The first-order valence-corrected chi connectivity index (χ1v) is 5.32. The second-order valence-corrected chi connectivity index (χ2v) is 4.31. The zero-order chi connectivity index (χ0) is 8.44. The Balaban J connectivity index is 2.29. The van der Waals surface area contributed by atoms with Gasteiger partial charge < -0.3 is 5.11 Å². The number of benzene rings is 1. The zero-order valence-corrected chi connectivity index (χ0v) is 7.68. The van der Waals surface area contributed by atoms with Crippen LogP contribution in [0.2, 0.25) is 0 Å². The molecule has 1 atom stereocenters. The highest BCUT2D eigenvalue weighted by atomic mass is 32.2. The van der Waals surface area contributed by atoms with Crippen molar-refractivity contribution in [2.75, 3.05) is 11.5 Å². The van der Waals surface area contributed by atoms with Crippen LogP contribution < -0.4 is 0 Å². The predicted molar refractivity (Wildman–Crippen MR) is 52.3 cm³/mol. The molecule has 0 radical (unpaired) electrons. The van der Waals surface area contributed by atoms with Crippen LogP contribution in [-0.4, -0.2) is 16.6 Å². The first kappa shape index (κ1) is 8.14. The molecule has 0 amide bonds. The third kappa shape index (κ3) is 1.37. The van der Waals surface area contributed by atoms with Crippen LogP contribution in [0.25, 0.3) is 0 Å². The molecule has 1 heterocycles. The molecule has 0 aliphatic carbocycles. The molecule has 0 saturated carbocycles. The van der Waals surface area contributed by atoms with Crippen LogP contribution in [0.5, 0.6) is 0 Å². The summed E-state index contributed by atoms with van der Waals surface area (Å²) < 4.78 is 0. The van der Waals surface area contributed by atoms with Gasteiger partial charge in [-0.05, 0) is 17.7 Å². The van der Waals surface area contributed by atoms with E-state index >= 15 is 0 Å². The van der Waals surface area contributed by atoms with Gasteiger partial charge in [0.05, 0.1) is 5.60 Å². The molecule has 64 valence electrons. The lowest BCUT2D eigenvalue weighted by Crippen LogP contribution is -2.24. The largest absolute Gasteiger partial charge is 0.384 e. The van der Waals surface area contributed by atoms with E-state index in [0.717, 1.165) is 23.5 Å². The van der Waals surface area contributed by atoms with Gasteiger partial charge in [-0.25, -0.2) is 0 Å². The number of thioether (sulfide) groups is 1. The molecule has 1 nitrogen and oxygen atoms in total. The normalized spacial score (nSPS) is 29.1. The Bertz CT molecular complexity index is 252. The standard InChI is InChI=1S/C10H12OS/c11-10(6-7-12-8-10)9-4-2-1-3-5-9/h1-5,11H,6-8H2/t10-/m0/s1. The summed E-state index contributed by atoms with van der Waals surface area (Å²) in [5.41, 5.74) is 0.515. The zero-order valence-electron chi connectivity index (χ0n) is 6.86. The molecule has 2 heteroatoms. The Labute approximate surface area is 76.8 Å². The van der Waals surface area contributed by atoms with Crippen LogP contribution in [0, 0.1) is 0 Å². The number of rotatable bonds is 1. The summed E-state index contributed by atoms with van der Waals surface area (Å²) in [5.74, 6) is 1.92. The molecule has 1 fully saturated rings. The summed E-state index contributed by atoms with van der Waals surface area (Å²) in [6.07, 6.45) is 0.891. The third-order valence-corrected chi connectivity index (χ3v) is 3.49. The molecule has 1 aromatic rings. The highest BCUT2D eigenvalue weighted by molar-refractivity contribution is 7.99. The predicted octanol–water partition coefficient (Wildman–Crippen LogP) is 2.01. The van der Waals surface area contributed by atoms with E-state index < -0.39 is 5.60 Å². The maximum Gasteiger partial charge on any atom is 0.0994 e. The van der Waals surface area contributed by atoms with Gasteiger partial charge in [0.25, 0.3) is 0 Å². The molecular weight excluding hydrogens is 168 g/mol. The monoisotopic (exact) mass is 180 g/mol. The van der Waals surface area contributed by atoms with E-state index in [9.17, 15) is 5.11 Å². The van der Waals surface area contributed by atoms with Crippen LogP contribution in [0.3, 0.4) is 0 Å². The van der Waals surface area contributed by atoms with E-state index in [-0.39, 0.29) is 0 Å². The first-order chi connectivity index (χ1) is 5.81. The van der Waals surface area contributed by atoms with Gasteiger partial charge in [0.1, 0.15) is 0 Å². The molecule has 1 N–H and O–H groups in total. The smallest absolute Gasteiger partial charge is 0.0994 e. The fraction of sp³-hybridized carbons (Fsp3) is 0.400. The van der Waals surface area contributed by atoms with Crippen molar-refractivity contribution < 1.29 is 5.11 Å². The van der Waals surface area contributed by atoms with E-state index in [1.165, 1.54) is 0 Å². The highest BCUT2D eigenvalue weighted by Gasteiger charge is 2.32. The van der Waals surface area contributed by atoms with Crippen LogP contribution >= 0.6 is 11.8 Å². The van der Waals surface area contributed by atoms with Gasteiger partial charge in [-0.1, -0.05) is 30.3 Å². The Hall–Kier alpha value is -0.470. The average molecular weight is 180 g/mol. The van der Waals surface area contributed by atoms with Crippen LogP contribution in [0.4, 0.5) is 0 Å². The van der Waals surface area contributed by atoms with E-state index in [0.29, 0.717) is 0 Å². The fourth-order valence-electron chi connectivity index (χ4n) is 1.53. The van der Waals surface area contributed by atoms with E-state index in [4.69, 9.17) is 0 Å². The maximum atomic E-state index is 10.1. The topological polar surface area (TPSA) is 20.2 Å². The highest BCUT2D eigenvalue weighted by Crippen LogP contribution is 2.36. The lowest BCUT2D eigenvalue weighted by molar-refractivity contribution is 0.0658. The van der Waals surface area contributed by atoms with Gasteiger partial charge in [-0.3, -0.25) is 0 Å². The molecule has 0 unspecified atom stereocenters. The van der Waals surface area contributed by atoms with Crippen molar-refractivity contribution in [3.63, 3.8) is 0 Å². The lowest BCUT2D eigenvalue weighted by atomic mass is 9.94. The molecule has 0 bridgehead atoms. The Morgan fingerprint density at radius 1 is 1.25 bits per heavy atom. The van der Waals surface area contributed by atoms with Crippen molar-refractivity contribution in [1.29, 1.82) is 0 Å². The van der Waals surface area contributed by atoms with Gasteiger partial charge >= 0.3 is 0 Å². The van der Waals surface area contributed by atoms with E-state index in [1.807, 2.05) is 42.1 Å². The SMILES string of the molecule is O[C@@]1(c2ccccc2)CCSC1. The molecule has 1 saturated heterocycles. The molecule has 0 aromatic heterocycles. The minimum absolute atomic E-state index is 0.550. The van der Waals surface area contributed by atoms with Gasteiger partial charge in [-0.2, -0.15) is 11.8 Å². The Morgan fingerprint density at radius 3 is 2.58 bits per heavy atom. The van der Waals surface area contributed by atoms with Crippen LogP contribution in [-0.2, 0) is 5.60 Å². The van der Waals surface area contributed by atoms with Crippen LogP contribution in [0.1, 0.15) is 12.0 Å². The molecule has 12 heavy (non-hydrogen) atoms. The van der Waals surface area contributed by atoms with Gasteiger partial charge in [0, 0.05) is 5.75 Å². The summed E-state index contributed by atoms with van der Waals surface area (Å²) in [7, 11) is 0. The van der Waals surface area contributed by atoms with Crippen molar-refractivity contribution in [1.82, 2.24) is 0 Å². The third-order valence-electron chi connectivity index (χ3n) is 2.31. The van der Waals surface area contributed by atoms with E-state index in [1.54, 1.807) is 0 Å². The lowest BCUT2D eigenvalue weighted by Gasteiger charge is -2.21. The number of aliphatic hydroxyl groups is 1. The molecule has 1 aromatic carbocycles. The quantitative estimate of drug-likeness (QED) is 0.713. The van der Waals surface area contributed by atoms with Gasteiger partial charge in [0.15, 0.2) is 0 Å². The molecule has 1 aliphatic rings. The van der Waals surface area contributed by atoms with Crippen molar-refractivity contribution >= 4 is 11.8 Å². The second-order valence-electron chi connectivity index (χ2n) is 3.20. The second kappa shape index (κ2) is 3.11. The maximum absolute atomic E-state index is 10.1. The molecule has 2 rings (SSSR count). The first-order valence-electron chi connectivity index (χ1n) is 4.17. The van der Waals surface area contributed by atoms with Gasteiger partial charge in [-0.15, -0.1) is 0 Å². The fourth-order valence-corrected chi connectivity index (χ4v) is 2.81. The summed E-state index contributed by atoms with van der Waals surface area (Å²) >= 11 is 1.83. The molecule has 0 spiro atoms. The average Bonchev–Trinajstić information content (AvgIpc) is 2.55. The van der Waals surface area contributed by atoms with Crippen molar-refractivity contribution in [3.05, 3.63) is 35.9 Å². The van der Waals surface area contributed by atoms with Crippen molar-refractivity contribution in [2.45, 2.75) is 12.0 Å². The minimum atomic E-state index is -0.550. The Kier molecular flexibility index (Phi) is 2.11. The molecule has 1 aliphatic heterocycles. The minimum Gasteiger partial charge on any atom is -0.384 e. The van der Waals surface area contributed by atoms with E-state index in [2.05, 4.69) is 0 Å².